The Balaban J connectivity index is 1.99. The van der Waals surface area contributed by atoms with E-state index in [-0.39, 0.29) is 0 Å². The first kappa shape index (κ1) is 12.4. The van der Waals surface area contributed by atoms with Gasteiger partial charge in [-0.05, 0) is 43.9 Å². The van der Waals surface area contributed by atoms with Gasteiger partial charge in [-0.3, -0.25) is 0 Å². The second kappa shape index (κ2) is 6.05. The predicted molar refractivity (Wildman–Crippen MR) is 68.6 cm³/mol. The summed E-state index contributed by atoms with van der Waals surface area (Å²) in [5, 5.41) is 0. The summed E-state index contributed by atoms with van der Waals surface area (Å²) >= 11 is 0. The molecule has 2 aliphatic rings. The summed E-state index contributed by atoms with van der Waals surface area (Å²) in [6, 6.07) is 0. The molecule has 0 N–H and O–H groups in total. The summed E-state index contributed by atoms with van der Waals surface area (Å²) in [4.78, 5) is 0. The molecular weight excluding hydrogens is 196 g/mol. The van der Waals surface area contributed by atoms with E-state index in [2.05, 4.69) is 6.92 Å². The minimum Gasteiger partial charge on any atom is -0.381 e. The van der Waals surface area contributed by atoms with Gasteiger partial charge in [-0.15, -0.1) is 0 Å². The lowest BCUT2D eigenvalue weighted by atomic mass is 9.62. The molecule has 0 unspecified atom stereocenters. The number of ether oxygens (including phenoxy) is 1. The van der Waals surface area contributed by atoms with Crippen LogP contribution in [-0.4, -0.2) is 13.2 Å². The maximum Gasteiger partial charge on any atom is 0.0524 e. The van der Waals surface area contributed by atoms with Gasteiger partial charge in [0.2, 0.25) is 0 Å². The lowest BCUT2D eigenvalue weighted by Gasteiger charge is -2.45. The van der Waals surface area contributed by atoms with E-state index in [1.807, 2.05) is 0 Å². The lowest BCUT2D eigenvalue weighted by Crippen LogP contribution is -2.38. The normalized spacial score (nSPS) is 26.8. The van der Waals surface area contributed by atoms with E-state index >= 15 is 0 Å². The highest BCUT2D eigenvalue weighted by Crippen LogP contribution is 2.48. The van der Waals surface area contributed by atoms with Gasteiger partial charge in [0, 0.05) is 6.61 Å². The molecular formula is C15H28O. The van der Waals surface area contributed by atoms with Crippen LogP contribution in [0.1, 0.15) is 71.1 Å². The summed E-state index contributed by atoms with van der Waals surface area (Å²) in [6.45, 7) is 4.08. The Labute approximate surface area is 101 Å². The molecule has 2 saturated carbocycles. The fourth-order valence-electron chi connectivity index (χ4n) is 3.95. The second-order valence-corrected chi connectivity index (χ2v) is 5.90. The molecule has 0 heterocycles. The molecule has 2 rings (SSSR count). The summed E-state index contributed by atoms with van der Waals surface area (Å²) in [6.07, 6.45) is 14.6. The molecule has 0 amide bonds. The van der Waals surface area contributed by atoms with E-state index in [9.17, 15) is 0 Å². The zero-order valence-corrected chi connectivity index (χ0v) is 11.0. The summed E-state index contributed by atoms with van der Waals surface area (Å²) in [5.41, 5.74) is 0.578. The quantitative estimate of drug-likeness (QED) is 0.680. The fraction of sp³-hybridized carbons (Fsp3) is 1.00. The summed E-state index contributed by atoms with van der Waals surface area (Å²) in [5.74, 6) is 0.980. The van der Waals surface area contributed by atoms with Crippen molar-refractivity contribution in [2.24, 2.45) is 11.3 Å². The molecule has 2 aliphatic carbocycles. The second-order valence-electron chi connectivity index (χ2n) is 5.90. The van der Waals surface area contributed by atoms with Crippen LogP contribution in [-0.2, 0) is 4.74 Å². The zero-order valence-electron chi connectivity index (χ0n) is 11.0. The van der Waals surface area contributed by atoms with Crippen molar-refractivity contribution < 1.29 is 4.74 Å². The largest absolute Gasteiger partial charge is 0.381 e. The molecule has 0 aromatic rings. The SMILES string of the molecule is CCOCC1(C2CCCCC2)CCCCC1. The van der Waals surface area contributed by atoms with E-state index in [0.717, 1.165) is 19.1 Å². The number of hydrogen-bond acceptors (Lipinski definition) is 1. The lowest BCUT2D eigenvalue weighted by molar-refractivity contribution is -0.0274. The third-order valence-electron chi connectivity index (χ3n) is 4.91. The van der Waals surface area contributed by atoms with Crippen molar-refractivity contribution >= 4 is 0 Å². The first-order valence-corrected chi connectivity index (χ1v) is 7.45. The third-order valence-corrected chi connectivity index (χ3v) is 4.91. The van der Waals surface area contributed by atoms with Crippen LogP contribution in [0.4, 0.5) is 0 Å². The van der Waals surface area contributed by atoms with Gasteiger partial charge >= 0.3 is 0 Å². The highest BCUT2D eigenvalue weighted by Gasteiger charge is 2.39. The van der Waals surface area contributed by atoms with Gasteiger partial charge in [-0.1, -0.05) is 38.5 Å². The van der Waals surface area contributed by atoms with Gasteiger partial charge in [-0.25, -0.2) is 0 Å². The van der Waals surface area contributed by atoms with Gasteiger partial charge in [0.05, 0.1) is 6.61 Å². The molecule has 2 fully saturated rings. The minimum atomic E-state index is 0.578. The van der Waals surface area contributed by atoms with Crippen molar-refractivity contribution in [3.05, 3.63) is 0 Å². The van der Waals surface area contributed by atoms with Gasteiger partial charge in [0.25, 0.3) is 0 Å². The van der Waals surface area contributed by atoms with Crippen LogP contribution < -0.4 is 0 Å². The van der Waals surface area contributed by atoms with Crippen molar-refractivity contribution in [1.82, 2.24) is 0 Å². The Bertz CT molecular complexity index is 188. The van der Waals surface area contributed by atoms with Crippen LogP contribution in [0.5, 0.6) is 0 Å². The molecule has 0 radical (unpaired) electrons. The van der Waals surface area contributed by atoms with Crippen molar-refractivity contribution in [2.45, 2.75) is 71.1 Å². The van der Waals surface area contributed by atoms with Crippen molar-refractivity contribution in [3.8, 4) is 0 Å². The number of rotatable bonds is 4. The highest BCUT2D eigenvalue weighted by atomic mass is 16.5. The zero-order chi connectivity index (χ0) is 11.3. The van der Waals surface area contributed by atoms with Crippen molar-refractivity contribution in [3.63, 3.8) is 0 Å². The molecule has 0 atom stereocenters. The van der Waals surface area contributed by atoms with E-state index in [0.29, 0.717) is 5.41 Å². The molecule has 0 bridgehead atoms. The molecule has 1 heteroatoms. The molecule has 0 aromatic carbocycles. The Morgan fingerprint density at radius 1 is 0.938 bits per heavy atom. The van der Waals surface area contributed by atoms with Crippen LogP contribution in [0, 0.1) is 11.3 Å². The average molecular weight is 224 g/mol. The standard InChI is InChI=1S/C15H28O/c1-2-16-13-15(11-7-4-8-12-15)14-9-5-3-6-10-14/h14H,2-13H2,1H3. The van der Waals surface area contributed by atoms with Crippen LogP contribution in [0.3, 0.4) is 0 Å². The topological polar surface area (TPSA) is 9.23 Å². The Hall–Kier alpha value is -0.0400. The van der Waals surface area contributed by atoms with E-state index in [1.54, 1.807) is 0 Å². The van der Waals surface area contributed by atoms with E-state index in [4.69, 9.17) is 4.74 Å². The fourth-order valence-corrected chi connectivity index (χ4v) is 3.95. The highest BCUT2D eigenvalue weighted by molar-refractivity contribution is 4.90. The monoisotopic (exact) mass is 224 g/mol. The summed E-state index contributed by atoms with van der Waals surface area (Å²) < 4.78 is 5.83. The van der Waals surface area contributed by atoms with Gasteiger partial charge in [-0.2, -0.15) is 0 Å². The summed E-state index contributed by atoms with van der Waals surface area (Å²) in [7, 11) is 0. The Morgan fingerprint density at radius 3 is 2.19 bits per heavy atom. The Kier molecular flexibility index (Phi) is 4.69. The molecule has 0 aromatic heterocycles. The van der Waals surface area contributed by atoms with Gasteiger partial charge in [0.15, 0.2) is 0 Å². The van der Waals surface area contributed by atoms with E-state index < -0.39 is 0 Å². The van der Waals surface area contributed by atoms with Crippen LogP contribution in [0.2, 0.25) is 0 Å². The van der Waals surface area contributed by atoms with Crippen molar-refractivity contribution in [2.75, 3.05) is 13.2 Å². The van der Waals surface area contributed by atoms with Crippen LogP contribution in [0.25, 0.3) is 0 Å². The van der Waals surface area contributed by atoms with Gasteiger partial charge in [0.1, 0.15) is 0 Å². The third kappa shape index (κ3) is 2.80. The molecule has 94 valence electrons. The first-order valence-electron chi connectivity index (χ1n) is 7.45. The molecule has 0 saturated heterocycles. The van der Waals surface area contributed by atoms with Crippen LogP contribution in [0.15, 0.2) is 0 Å². The van der Waals surface area contributed by atoms with Crippen LogP contribution >= 0.6 is 0 Å². The molecule has 1 nitrogen and oxygen atoms in total. The van der Waals surface area contributed by atoms with Gasteiger partial charge < -0.3 is 4.74 Å². The maximum atomic E-state index is 5.83. The smallest absolute Gasteiger partial charge is 0.0524 e. The number of hydrogen-bond donors (Lipinski definition) is 0. The first-order chi connectivity index (χ1) is 7.87. The molecule has 0 aliphatic heterocycles. The van der Waals surface area contributed by atoms with E-state index in [1.165, 1.54) is 64.2 Å². The Morgan fingerprint density at radius 2 is 1.56 bits per heavy atom. The maximum absolute atomic E-state index is 5.83. The molecule has 0 spiro atoms. The predicted octanol–water partition coefficient (Wildman–Crippen LogP) is 4.55. The van der Waals surface area contributed by atoms with Crippen molar-refractivity contribution in [1.29, 1.82) is 0 Å². The average Bonchev–Trinajstić information content (AvgIpc) is 2.38. The molecule has 16 heavy (non-hydrogen) atoms. The minimum absolute atomic E-state index is 0.578.